The van der Waals surface area contributed by atoms with Crippen LogP contribution in [0.4, 0.5) is 0 Å². The van der Waals surface area contributed by atoms with Gasteiger partial charge in [-0.25, -0.2) is 4.79 Å². The molecule has 4 rings (SSSR count). The second kappa shape index (κ2) is 16.0. The van der Waals surface area contributed by atoms with Crippen LogP contribution in [0.3, 0.4) is 0 Å². The number of rotatable bonds is 12. The summed E-state index contributed by atoms with van der Waals surface area (Å²) in [5.41, 5.74) is 0.877. The molecule has 12 heteroatoms. The molecule has 0 saturated carbocycles. The fourth-order valence-corrected chi connectivity index (χ4v) is 5.88. The molecule has 2 N–H and O–H groups in total. The molecule has 2 aromatic carbocycles. The molecule has 46 heavy (non-hydrogen) atoms. The molecule has 1 aliphatic heterocycles. The Bertz CT molecular complexity index is 1430. The van der Waals surface area contributed by atoms with Crippen LogP contribution in [0.15, 0.2) is 66.2 Å². The van der Waals surface area contributed by atoms with Gasteiger partial charge in [0.15, 0.2) is 0 Å². The van der Waals surface area contributed by atoms with Crippen molar-refractivity contribution >= 4 is 46.3 Å². The number of carbonyl (C=O) groups excluding carboxylic acids is 4. The van der Waals surface area contributed by atoms with Crippen molar-refractivity contribution in [1.82, 2.24) is 10.2 Å². The predicted octanol–water partition coefficient (Wildman–Crippen LogP) is 3.56. The van der Waals surface area contributed by atoms with Crippen molar-refractivity contribution in [2.75, 3.05) is 20.4 Å². The van der Waals surface area contributed by atoms with Crippen LogP contribution in [-0.4, -0.2) is 90.2 Å². The van der Waals surface area contributed by atoms with Gasteiger partial charge in [-0.1, -0.05) is 36.4 Å². The van der Waals surface area contributed by atoms with Crippen molar-refractivity contribution in [3.8, 4) is 0 Å². The second-order valence-corrected chi connectivity index (χ2v) is 13.6. The molecular formula is C34H41IN2O9. The zero-order chi connectivity index (χ0) is 33.4. The number of esters is 2. The van der Waals surface area contributed by atoms with Crippen LogP contribution in [0.2, 0.25) is 0 Å². The molecule has 2 aromatic rings. The lowest BCUT2D eigenvalue weighted by Gasteiger charge is -2.34. The van der Waals surface area contributed by atoms with E-state index < -0.39 is 66.4 Å². The Kier molecular flexibility index (Phi) is 12.3. The molecule has 0 spiro atoms. The maximum absolute atomic E-state index is 14.0. The molecule has 2 amide bonds. The number of carbonyl (C=O) groups is 4. The third-order valence-corrected chi connectivity index (χ3v) is 8.31. The Labute approximate surface area is 282 Å². The molecule has 0 bridgehead atoms. The van der Waals surface area contributed by atoms with Crippen molar-refractivity contribution in [3.63, 3.8) is 0 Å². The number of hydrogen-bond donors (Lipinski definition) is 2. The van der Waals surface area contributed by atoms with E-state index in [4.69, 9.17) is 18.9 Å². The number of amides is 2. The van der Waals surface area contributed by atoms with Crippen molar-refractivity contribution in [3.05, 3.63) is 80.9 Å². The number of aliphatic hydroxyl groups excluding tert-OH is 1. The zero-order valence-corrected chi connectivity index (χ0v) is 28.6. The van der Waals surface area contributed by atoms with Gasteiger partial charge in [0.25, 0.3) is 0 Å². The standard InChI is InChI=1S/C34H41IN2O9/c1-34(2,3)46-29(39)14-13-25(19-38)36-31(40)26(15-21-9-6-5-7-10-21)37(4)32(41)23-17-27-30(44-20-43-27)28(18-23)45-33(42)22-11-8-12-24(35)16-22/h5-12,16-17,25-28,30,38H,13-15,18-20H2,1-4H3,(H,36,40). The third kappa shape index (κ3) is 9.84. The Hall–Kier alpha value is -3.33. The van der Waals surface area contributed by atoms with Gasteiger partial charge in [0, 0.05) is 35.5 Å². The molecule has 1 saturated heterocycles. The normalized spacial score (nSPS) is 20.5. The van der Waals surface area contributed by atoms with Gasteiger partial charge in [-0.05, 0) is 79.6 Å². The number of nitrogens with zero attached hydrogens (tertiary/aromatic N) is 1. The van der Waals surface area contributed by atoms with Crippen LogP contribution < -0.4 is 5.32 Å². The lowest BCUT2D eigenvalue weighted by Crippen LogP contribution is -2.53. The van der Waals surface area contributed by atoms with E-state index in [0.29, 0.717) is 11.1 Å². The number of aliphatic hydroxyl groups is 1. The number of likely N-dealkylation sites (N-methyl/N-ethyl adjacent to an activating group) is 1. The molecular weight excluding hydrogens is 707 g/mol. The van der Waals surface area contributed by atoms with Crippen LogP contribution in [0, 0.1) is 3.57 Å². The first kappa shape index (κ1) is 35.5. The van der Waals surface area contributed by atoms with E-state index in [2.05, 4.69) is 27.9 Å². The highest BCUT2D eigenvalue weighted by Gasteiger charge is 2.43. The van der Waals surface area contributed by atoms with E-state index in [1.807, 2.05) is 36.4 Å². The minimum atomic E-state index is -0.961. The molecule has 5 atom stereocenters. The third-order valence-electron chi connectivity index (χ3n) is 7.64. The minimum Gasteiger partial charge on any atom is -0.460 e. The number of hydrogen-bond acceptors (Lipinski definition) is 9. The van der Waals surface area contributed by atoms with Gasteiger partial charge in [-0.3, -0.25) is 14.4 Å². The summed E-state index contributed by atoms with van der Waals surface area (Å²) in [4.78, 5) is 54.4. The van der Waals surface area contributed by atoms with Crippen LogP contribution in [0.5, 0.6) is 0 Å². The summed E-state index contributed by atoms with van der Waals surface area (Å²) in [5.74, 6) is -1.90. The van der Waals surface area contributed by atoms with Gasteiger partial charge < -0.3 is 34.3 Å². The van der Waals surface area contributed by atoms with Crippen LogP contribution in [0.25, 0.3) is 0 Å². The first-order valence-corrected chi connectivity index (χ1v) is 16.3. The summed E-state index contributed by atoms with van der Waals surface area (Å²) in [6.45, 7) is 4.89. The summed E-state index contributed by atoms with van der Waals surface area (Å²) in [6, 6.07) is 14.6. The quantitative estimate of drug-likeness (QED) is 0.247. The van der Waals surface area contributed by atoms with Gasteiger partial charge in [0.2, 0.25) is 11.8 Å². The molecule has 2 aliphatic rings. The van der Waals surface area contributed by atoms with Crippen LogP contribution in [0.1, 0.15) is 56.0 Å². The molecule has 11 nitrogen and oxygen atoms in total. The highest BCUT2D eigenvalue weighted by molar-refractivity contribution is 14.1. The molecule has 1 fully saturated rings. The fourth-order valence-electron chi connectivity index (χ4n) is 5.34. The smallest absolute Gasteiger partial charge is 0.338 e. The fraction of sp³-hybridized carbons (Fsp3) is 0.471. The molecule has 1 aliphatic carbocycles. The molecule has 248 valence electrons. The summed E-state index contributed by atoms with van der Waals surface area (Å²) in [5, 5.41) is 12.8. The first-order valence-electron chi connectivity index (χ1n) is 15.2. The lowest BCUT2D eigenvalue weighted by atomic mass is 9.90. The van der Waals surface area contributed by atoms with Crippen LogP contribution in [-0.2, 0) is 39.8 Å². The maximum atomic E-state index is 14.0. The van der Waals surface area contributed by atoms with Gasteiger partial charge in [-0.15, -0.1) is 0 Å². The van der Waals surface area contributed by atoms with E-state index >= 15 is 0 Å². The van der Waals surface area contributed by atoms with E-state index in [0.717, 1.165) is 9.13 Å². The van der Waals surface area contributed by atoms with Gasteiger partial charge in [-0.2, -0.15) is 0 Å². The zero-order valence-electron chi connectivity index (χ0n) is 26.4. The Morgan fingerprint density at radius 3 is 2.50 bits per heavy atom. The number of ether oxygens (including phenoxy) is 4. The number of halogens is 1. The Morgan fingerprint density at radius 1 is 1.09 bits per heavy atom. The lowest BCUT2D eigenvalue weighted by molar-refractivity contribution is -0.155. The van der Waals surface area contributed by atoms with Crippen molar-refractivity contribution < 1.29 is 43.2 Å². The van der Waals surface area contributed by atoms with Gasteiger partial charge in [0.05, 0.1) is 18.2 Å². The predicted molar refractivity (Wildman–Crippen MR) is 176 cm³/mol. The monoisotopic (exact) mass is 748 g/mol. The van der Waals surface area contributed by atoms with E-state index in [1.165, 1.54) is 11.9 Å². The SMILES string of the molecule is CN(C(=O)C1=CC2OCOC2C(OC(=O)c2cccc(I)c2)C1)C(Cc1ccccc1)C(=O)NC(CO)CCC(=O)OC(C)(C)C. The summed E-state index contributed by atoms with van der Waals surface area (Å²) in [7, 11) is 1.54. The largest absolute Gasteiger partial charge is 0.460 e. The van der Waals surface area contributed by atoms with Gasteiger partial charge in [0.1, 0.15) is 36.7 Å². The van der Waals surface area contributed by atoms with Crippen LogP contribution >= 0.6 is 22.6 Å². The molecule has 1 heterocycles. The van der Waals surface area contributed by atoms with Crippen molar-refractivity contribution in [2.45, 2.75) is 82.5 Å². The highest BCUT2D eigenvalue weighted by atomic mass is 127. The molecule has 0 radical (unpaired) electrons. The first-order chi connectivity index (χ1) is 21.8. The summed E-state index contributed by atoms with van der Waals surface area (Å²) in [6.07, 6.45) is 0.119. The number of fused-ring (bicyclic) bond motifs is 1. The number of nitrogens with one attached hydrogen (secondary N) is 1. The van der Waals surface area contributed by atoms with E-state index in [9.17, 15) is 24.3 Å². The minimum absolute atomic E-state index is 0.000645. The highest BCUT2D eigenvalue weighted by Crippen LogP contribution is 2.32. The average Bonchev–Trinajstić information content (AvgIpc) is 3.50. The number of benzene rings is 2. The van der Waals surface area contributed by atoms with Crippen molar-refractivity contribution in [2.24, 2.45) is 0 Å². The Balaban J connectivity index is 1.50. The summed E-state index contributed by atoms with van der Waals surface area (Å²) < 4.78 is 23.5. The van der Waals surface area contributed by atoms with E-state index in [1.54, 1.807) is 45.0 Å². The maximum Gasteiger partial charge on any atom is 0.338 e. The van der Waals surface area contributed by atoms with E-state index in [-0.39, 0.29) is 32.5 Å². The molecule has 5 unspecified atom stereocenters. The second-order valence-electron chi connectivity index (χ2n) is 12.4. The Morgan fingerprint density at radius 2 is 1.83 bits per heavy atom. The topological polar surface area (TPSA) is 141 Å². The summed E-state index contributed by atoms with van der Waals surface area (Å²) >= 11 is 2.11. The average molecular weight is 749 g/mol. The van der Waals surface area contributed by atoms with Gasteiger partial charge >= 0.3 is 11.9 Å². The molecule has 0 aromatic heterocycles. The van der Waals surface area contributed by atoms with Crippen molar-refractivity contribution in [1.29, 1.82) is 0 Å².